The highest BCUT2D eigenvalue weighted by Crippen LogP contribution is 2.31. The number of nitrogens with zero attached hydrogens (tertiary/aromatic N) is 1. The van der Waals surface area contributed by atoms with Gasteiger partial charge in [-0.1, -0.05) is 45.2 Å². The molecule has 4 rings (SSSR count). The molecule has 0 N–H and O–H groups in total. The second-order valence-corrected chi connectivity index (χ2v) is 8.53. The molecule has 1 aliphatic rings. The third-order valence-corrected chi connectivity index (χ3v) is 5.63. The molecule has 0 fully saturated rings. The van der Waals surface area contributed by atoms with Crippen molar-refractivity contribution in [1.82, 2.24) is 0 Å². The molecule has 0 aromatic heterocycles. The lowest BCUT2D eigenvalue weighted by Gasteiger charge is -2.11. The minimum atomic E-state index is -0.663. The monoisotopic (exact) mass is 545 g/mol. The van der Waals surface area contributed by atoms with Gasteiger partial charge in [0.15, 0.2) is 17.2 Å². The summed E-state index contributed by atoms with van der Waals surface area (Å²) in [6, 6.07) is 16.5. The fourth-order valence-electron chi connectivity index (χ4n) is 2.95. The van der Waals surface area contributed by atoms with Gasteiger partial charge < -0.3 is 14.2 Å². The van der Waals surface area contributed by atoms with Crippen molar-refractivity contribution >= 4 is 63.0 Å². The third-order valence-electron chi connectivity index (χ3n) is 4.56. The molecule has 1 aliphatic heterocycles. The number of hydrogen-bond donors (Lipinski definition) is 0. The van der Waals surface area contributed by atoms with Crippen molar-refractivity contribution in [2.45, 2.75) is 0 Å². The van der Waals surface area contributed by atoms with Crippen LogP contribution in [0.15, 0.2) is 75.8 Å². The predicted molar refractivity (Wildman–Crippen MR) is 129 cm³/mol. The van der Waals surface area contributed by atoms with E-state index in [9.17, 15) is 9.59 Å². The molecule has 3 aromatic carbocycles. The van der Waals surface area contributed by atoms with E-state index >= 15 is 0 Å². The molecule has 0 atom stereocenters. The highest BCUT2D eigenvalue weighted by Gasteiger charge is 2.24. The van der Waals surface area contributed by atoms with Crippen molar-refractivity contribution in [3.05, 3.63) is 97.6 Å². The Morgan fingerprint density at radius 1 is 1.03 bits per heavy atom. The van der Waals surface area contributed by atoms with Crippen molar-refractivity contribution in [3.63, 3.8) is 0 Å². The summed E-state index contributed by atoms with van der Waals surface area (Å²) in [7, 11) is 1.44. The first-order chi connectivity index (χ1) is 15.8. The Bertz CT molecular complexity index is 1320. The molecule has 0 bridgehead atoms. The van der Waals surface area contributed by atoms with E-state index in [4.69, 9.17) is 37.4 Å². The molecule has 0 unspecified atom stereocenters. The highest BCUT2D eigenvalue weighted by atomic mass is 79.9. The molecule has 33 heavy (non-hydrogen) atoms. The number of esters is 2. The fourth-order valence-corrected chi connectivity index (χ4v) is 3.70. The van der Waals surface area contributed by atoms with Crippen LogP contribution in [0.5, 0.6) is 11.5 Å². The summed E-state index contributed by atoms with van der Waals surface area (Å²) < 4.78 is 17.0. The van der Waals surface area contributed by atoms with E-state index in [0.29, 0.717) is 16.1 Å². The predicted octanol–water partition coefficient (Wildman–Crippen LogP) is 6.33. The second-order valence-electron chi connectivity index (χ2n) is 6.77. The van der Waals surface area contributed by atoms with Crippen LogP contribution in [0.2, 0.25) is 10.0 Å². The molecule has 0 amide bonds. The molecule has 3 aromatic rings. The van der Waals surface area contributed by atoms with Gasteiger partial charge in [0.2, 0.25) is 5.90 Å². The van der Waals surface area contributed by atoms with E-state index < -0.39 is 11.9 Å². The number of aliphatic imine (C=N–C) groups is 1. The van der Waals surface area contributed by atoms with Gasteiger partial charge in [-0.15, -0.1) is 0 Å². The zero-order valence-electron chi connectivity index (χ0n) is 17.0. The number of cyclic esters (lactones) is 1. The first-order valence-electron chi connectivity index (χ1n) is 9.48. The first-order valence-corrected chi connectivity index (χ1v) is 11.0. The second kappa shape index (κ2) is 9.79. The van der Waals surface area contributed by atoms with Gasteiger partial charge in [-0.25, -0.2) is 14.6 Å². The Balaban J connectivity index is 1.57. The van der Waals surface area contributed by atoms with Gasteiger partial charge >= 0.3 is 11.9 Å². The van der Waals surface area contributed by atoms with Crippen molar-refractivity contribution in [2.24, 2.45) is 4.99 Å². The van der Waals surface area contributed by atoms with Crippen LogP contribution in [0, 0.1) is 0 Å². The molecule has 6 nitrogen and oxygen atoms in total. The van der Waals surface area contributed by atoms with E-state index in [-0.39, 0.29) is 33.7 Å². The van der Waals surface area contributed by atoms with Gasteiger partial charge in [0.25, 0.3) is 0 Å². The normalized spacial score (nSPS) is 14.1. The molecule has 0 saturated carbocycles. The van der Waals surface area contributed by atoms with Crippen molar-refractivity contribution in [2.75, 3.05) is 7.11 Å². The van der Waals surface area contributed by atoms with E-state index in [1.165, 1.54) is 19.2 Å². The molecule has 0 spiro atoms. The zero-order valence-corrected chi connectivity index (χ0v) is 20.1. The minimum Gasteiger partial charge on any atom is -0.493 e. The number of benzene rings is 3. The average molecular weight is 547 g/mol. The Labute approximate surface area is 207 Å². The van der Waals surface area contributed by atoms with Crippen LogP contribution in [-0.4, -0.2) is 24.9 Å². The van der Waals surface area contributed by atoms with Gasteiger partial charge in [0, 0.05) is 15.1 Å². The maximum atomic E-state index is 12.5. The largest absolute Gasteiger partial charge is 0.493 e. The first kappa shape index (κ1) is 23.0. The molecule has 9 heteroatoms. The van der Waals surface area contributed by atoms with Crippen LogP contribution in [0.25, 0.3) is 6.08 Å². The van der Waals surface area contributed by atoms with E-state index in [1.807, 2.05) is 12.1 Å². The lowest BCUT2D eigenvalue weighted by Crippen LogP contribution is -2.10. The molecular weight excluding hydrogens is 533 g/mol. The maximum Gasteiger partial charge on any atom is 0.363 e. The lowest BCUT2D eigenvalue weighted by molar-refractivity contribution is -0.129. The van der Waals surface area contributed by atoms with Crippen LogP contribution in [0.4, 0.5) is 0 Å². The van der Waals surface area contributed by atoms with E-state index in [0.717, 1.165) is 4.47 Å². The SMILES string of the molecule is COc1cc(/C=C2\N=C(c3ccc(Br)cc3)OC2=O)ccc1OC(=O)c1ccc(Cl)cc1Cl. The number of carbonyl (C=O) groups excluding carboxylic acids is 2. The topological polar surface area (TPSA) is 74.2 Å². The Morgan fingerprint density at radius 2 is 1.79 bits per heavy atom. The molecule has 0 saturated heterocycles. The van der Waals surface area contributed by atoms with Crippen LogP contribution < -0.4 is 9.47 Å². The summed E-state index contributed by atoms with van der Waals surface area (Å²) in [6.45, 7) is 0. The van der Waals surface area contributed by atoms with Crippen molar-refractivity contribution in [1.29, 1.82) is 0 Å². The molecule has 1 heterocycles. The Kier molecular flexibility index (Phi) is 6.83. The highest BCUT2D eigenvalue weighted by molar-refractivity contribution is 9.10. The van der Waals surface area contributed by atoms with Crippen molar-refractivity contribution in [3.8, 4) is 11.5 Å². The Morgan fingerprint density at radius 3 is 2.48 bits per heavy atom. The standard InChI is InChI=1S/C24H14BrCl2NO5/c1-31-21-11-13(2-9-20(21)32-23(29)17-8-7-16(26)12-18(17)27)10-19-24(30)33-22(28-19)14-3-5-15(25)6-4-14/h2-12H,1H3/b19-10-. The number of ether oxygens (including phenoxy) is 3. The number of carbonyl (C=O) groups is 2. The molecule has 0 radical (unpaired) electrons. The van der Waals surface area contributed by atoms with Gasteiger partial charge in [-0.2, -0.15) is 0 Å². The van der Waals surface area contributed by atoms with Gasteiger partial charge in [-0.05, 0) is 66.2 Å². The van der Waals surface area contributed by atoms with E-state index in [2.05, 4.69) is 20.9 Å². The van der Waals surface area contributed by atoms with Crippen LogP contribution >= 0.6 is 39.1 Å². The fraction of sp³-hybridized carbons (Fsp3) is 0.0417. The summed E-state index contributed by atoms with van der Waals surface area (Å²) in [5.41, 5.74) is 1.57. The summed E-state index contributed by atoms with van der Waals surface area (Å²) in [5.74, 6) is -0.546. The maximum absolute atomic E-state index is 12.5. The number of methoxy groups -OCH3 is 1. The number of hydrogen-bond acceptors (Lipinski definition) is 6. The summed E-state index contributed by atoms with van der Waals surface area (Å²) in [6.07, 6.45) is 1.55. The molecule has 0 aliphatic carbocycles. The third kappa shape index (κ3) is 5.27. The average Bonchev–Trinajstić information content (AvgIpc) is 3.15. The number of halogens is 3. The molecular formula is C24H14BrCl2NO5. The van der Waals surface area contributed by atoms with Crippen LogP contribution in [0.3, 0.4) is 0 Å². The van der Waals surface area contributed by atoms with Gasteiger partial charge in [0.05, 0.1) is 17.7 Å². The smallest absolute Gasteiger partial charge is 0.363 e. The molecule has 166 valence electrons. The lowest BCUT2D eigenvalue weighted by atomic mass is 10.1. The summed E-state index contributed by atoms with van der Waals surface area (Å²) in [4.78, 5) is 29.1. The summed E-state index contributed by atoms with van der Waals surface area (Å²) >= 11 is 15.3. The minimum absolute atomic E-state index is 0.132. The van der Waals surface area contributed by atoms with Crippen molar-refractivity contribution < 1.29 is 23.8 Å². The van der Waals surface area contributed by atoms with Crippen LogP contribution in [-0.2, 0) is 9.53 Å². The Hall–Kier alpha value is -3.13. The quantitative estimate of drug-likeness (QED) is 0.212. The summed E-state index contributed by atoms with van der Waals surface area (Å²) in [5, 5.41) is 0.579. The zero-order chi connectivity index (χ0) is 23.5. The van der Waals surface area contributed by atoms with Gasteiger partial charge in [0.1, 0.15) is 0 Å². The van der Waals surface area contributed by atoms with Gasteiger partial charge in [-0.3, -0.25) is 0 Å². The van der Waals surface area contributed by atoms with E-state index in [1.54, 1.807) is 42.5 Å². The van der Waals surface area contributed by atoms with Crippen LogP contribution in [0.1, 0.15) is 21.5 Å². The number of rotatable bonds is 5.